The van der Waals surface area contributed by atoms with Crippen molar-refractivity contribution in [1.29, 1.82) is 0 Å². The molecule has 1 aromatic carbocycles. The lowest BCUT2D eigenvalue weighted by Crippen LogP contribution is -2.38. The van der Waals surface area contributed by atoms with Crippen molar-refractivity contribution < 1.29 is 9.59 Å². The van der Waals surface area contributed by atoms with Crippen molar-refractivity contribution in [2.24, 2.45) is 11.5 Å². The minimum Gasteiger partial charge on any atom is -0.372 e. The predicted molar refractivity (Wildman–Crippen MR) is 78.3 cm³/mol. The number of amides is 2. The van der Waals surface area contributed by atoms with E-state index in [1.54, 1.807) is 0 Å². The number of hydrogen-bond donors (Lipinski definition) is 3. The van der Waals surface area contributed by atoms with Crippen LogP contribution < -0.4 is 21.7 Å². The number of carbonyl (C=O) groups excluding carboxylic acids is 2. The molecule has 6 nitrogen and oxygen atoms in total. The van der Waals surface area contributed by atoms with Crippen LogP contribution in [0.15, 0.2) is 24.3 Å². The van der Waals surface area contributed by atoms with Crippen LogP contribution in [-0.2, 0) is 9.59 Å². The van der Waals surface area contributed by atoms with Gasteiger partial charge in [0.1, 0.15) is 0 Å². The van der Waals surface area contributed by atoms with E-state index in [0.717, 1.165) is 18.8 Å². The molecule has 0 aromatic heterocycles. The van der Waals surface area contributed by atoms with Gasteiger partial charge >= 0.3 is 0 Å². The predicted octanol–water partition coefficient (Wildman–Crippen LogP) is 0.428. The molecular formula is C14H20N4O2. The van der Waals surface area contributed by atoms with E-state index in [4.69, 9.17) is 11.5 Å². The minimum atomic E-state index is -0.911. The second-order valence-corrected chi connectivity index (χ2v) is 5.01. The van der Waals surface area contributed by atoms with Gasteiger partial charge in [-0.25, -0.2) is 0 Å². The maximum Gasteiger partial charge on any atom is 0.241 e. The Labute approximate surface area is 118 Å². The Morgan fingerprint density at radius 3 is 2.35 bits per heavy atom. The zero-order valence-corrected chi connectivity index (χ0v) is 11.3. The van der Waals surface area contributed by atoms with Gasteiger partial charge in [-0.3, -0.25) is 9.59 Å². The fourth-order valence-corrected chi connectivity index (χ4v) is 2.28. The highest BCUT2D eigenvalue weighted by atomic mass is 16.2. The Balaban J connectivity index is 1.93. The molecule has 0 bridgehead atoms. The summed E-state index contributed by atoms with van der Waals surface area (Å²) in [4.78, 5) is 24.8. The number of nitrogens with two attached hydrogens (primary N) is 2. The molecule has 1 fully saturated rings. The molecule has 1 aromatic rings. The quantitative estimate of drug-likeness (QED) is 0.725. The zero-order valence-electron chi connectivity index (χ0n) is 11.3. The van der Waals surface area contributed by atoms with Crippen LogP contribution in [0.4, 0.5) is 11.4 Å². The second kappa shape index (κ2) is 6.38. The molecule has 0 aliphatic carbocycles. The van der Waals surface area contributed by atoms with Crippen molar-refractivity contribution >= 4 is 23.2 Å². The SMILES string of the molecule is NC(=O)CC(N)C(=O)Nc1ccc(N2CCCC2)cc1. The highest BCUT2D eigenvalue weighted by Gasteiger charge is 2.16. The summed E-state index contributed by atoms with van der Waals surface area (Å²) in [5.41, 5.74) is 12.4. The molecule has 2 amide bonds. The lowest BCUT2D eigenvalue weighted by Gasteiger charge is -2.18. The Hall–Kier alpha value is -2.08. The molecule has 2 rings (SSSR count). The smallest absolute Gasteiger partial charge is 0.241 e. The number of anilines is 2. The third-order valence-corrected chi connectivity index (χ3v) is 3.36. The number of primary amides is 1. The van der Waals surface area contributed by atoms with Crippen LogP contribution in [0.3, 0.4) is 0 Å². The molecule has 1 unspecified atom stereocenters. The first kappa shape index (κ1) is 14.3. The maximum atomic E-state index is 11.7. The molecular weight excluding hydrogens is 256 g/mol. The van der Waals surface area contributed by atoms with Gasteiger partial charge in [0, 0.05) is 24.5 Å². The van der Waals surface area contributed by atoms with Crippen LogP contribution in [0.1, 0.15) is 19.3 Å². The molecule has 1 saturated heterocycles. The standard InChI is InChI=1S/C14H20N4O2/c15-12(9-13(16)19)14(20)17-10-3-5-11(6-4-10)18-7-1-2-8-18/h3-6,12H,1-2,7-9,15H2,(H2,16,19)(H,17,20). The summed E-state index contributed by atoms with van der Waals surface area (Å²) in [6.45, 7) is 2.16. The summed E-state index contributed by atoms with van der Waals surface area (Å²) in [5, 5.41) is 2.67. The van der Waals surface area contributed by atoms with E-state index in [1.165, 1.54) is 12.8 Å². The Kier molecular flexibility index (Phi) is 4.57. The Morgan fingerprint density at radius 2 is 1.80 bits per heavy atom. The number of hydrogen-bond acceptors (Lipinski definition) is 4. The monoisotopic (exact) mass is 276 g/mol. The average molecular weight is 276 g/mol. The van der Waals surface area contributed by atoms with Crippen LogP contribution in [0.2, 0.25) is 0 Å². The van der Waals surface area contributed by atoms with Crippen molar-refractivity contribution in [2.75, 3.05) is 23.3 Å². The van der Waals surface area contributed by atoms with E-state index in [0.29, 0.717) is 5.69 Å². The first-order valence-electron chi connectivity index (χ1n) is 6.76. The van der Waals surface area contributed by atoms with Gasteiger partial charge in [-0.05, 0) is 37.1 Å². The molecule has 20 heavy (non-hydrogen) atoms. The van der Waals surface area contributed by atoms with Crippen molar-refractivity contribution in [3.63, 3.8) is 0 Å². The normalized spacial score (nSPS) is 15.9. The van der Waals surface area contributed by atoms with Crippen LogP contribution in [-0.4, -0.2) is 30.9 Å². The van der Waals surface area contributed by atoms with Gasteiger partial charge in [0.2, 0.25) is 11.8 Å². The van der Waals surface area contributed by atoms with Gasteiger partial charge in [0.25, 0.3) is 0 Å². The van der Waals surface area contributed by atoms with Gasteiger partial charge in [-0.15, -0.1) is 0 Å². The highest BCUT2D eigenvalue weighted by Crippen LogP contribution is 2.22. The fraction of sp³-hybridized carbons (Fsp3) is 0.429. The molecule has 0 radical (unpaired) electrons. The molecule has 1 atom stereocenters. The first-order valence-corrected chi connectivity index (χ1v) is 6.76. The number of nitrogens with one attached hydrogen (secondary N) is 1. The van der Waals surface area contributed by atoms with E-state index in [-0.39, 0.29) is 6.42 Å². The first-order chi connectivity index (χ1) is 9.56. The van der Waals surface area contributed by atoms with Gasteiger partial charge in [0.15, 0.2) is 0 Å². The molecule has 0 spiro atoms. The van der Waals surface area contributed by atoms with Crippen LogP contribution in [0.25, 0.3) is 0 Å². The van der Waals surface area contributed by atoms with Crippen LogP contribution >= 0.6 is 0 Å². The number of benzene rings is 1. The number of rotatable bonds is 5. The molecule has 6 heteroatoms. The van der Waals surface area contributed by atoms with Crippen molar-refractivity contribution in [1.82, 2.24) is 0 Å². The van der Waals surface area contributed by atoms with E-state index in [1.807, 2.05) is 24.3 Å². The fourth-order valence-electron chi connectivity index (χ4n) is 2.28. The molecule has 108 valence electrons. The Morgan fingerprint density at radius 1 is 1.20 bits per heavy atom. The minimum absolute atomic E-state index is 0.155. The summed E-state index contributed by atoms with van der Waals surface area (Å²) in [5.74, 6) is -0.991. The van der Waals surface area contributed by atoms with Gasteiger partial charge in [0.05, 0.1) is 12.5 Å². The van der Waals surface area contributed by atoms with Gasteiger partial charge in [-0.2, -0.15) is 0 Å². The molecule has 1 heterocycles. The van der Waals surface area contributed by atoms with Gasteiger partial charge < -0.3 is 21.7 Å². The topological polar surface area (TPSA) is 101 Å². The number of nitrogens with zero attached hydrogens (tertiary/aromatic N) is 1. The number of carbonyl (C=O) groups is 2. The second-order valence-electron chi connectivity index (χ2n) is 5.01. The largest absolute Gasteiger partial charge is 0.372 e. The van der Waals surface area contributed by atoms with E-state index < -0.39 is 17.9 Å². The molecule has 5 N–H and O–H groups in total. The average Bonchev–Trinajstić information content (AvgIpc) is 2.92. The summed E-state index contributed by atoms with van der Waals surface area (Å²) in [6.07, 6.45) is 2.29. The Bertz CT molecular complexity index is 480. The van der Waals surface area contributed by atoms with Crippen molar-refractivity contribution in [3.8, 4) is 0 Å². The van der Waals surface area contributed by atoms with E-state index in [2.05, 4.69) is 10.2 Å². The van der Waals surface area contributed by atoms with Crippen LogP contribution in [0.5, 0.6) is 0 Å². The molecule has 1 aliphatic heterocycles. The lowest BCUT2D eigenvalue weighted by atomic mass is 10.2. The summed E-state index contributed by atoms with van der Waals surface area (Å²) >= 11 is 0. The summed E-state index contributed by atoms with van der Waals surface area (Å²) in [6, 6.07) is 6.71. The third-order valence-electron chi connectivity index (χ3n) is 3.36. The lowest BCUT2D eigenvalue weighted by molar-refractivity contribution is -0.123. The van der Waals surface area contributed by atoms with Crippen molar-refractivity contribution in [3.05, 3.63) is 24.3 Å². The van der Waals surface area contributed by atoms with Crippen LogP contribution in [0, 0.1) is 0 Å². The highest BCUT2D eigenvalue weighted by molar-refractivity contribution is 5.97. The van der Waals surface area contributed by atoms with Crippen molar-refractivity contribution in [2.45, 2.75) is 25.3 Å². The van der Waals surface area contributed by atoms with E-state index >= 15 is 0 Å². The third kappa shape index (κ3) is 3.71. The molecule has 1 aliphatic rings. The van der Waals surface area contributed by atoms with Gasteiger partial charge in [-0.1, -0.05) is 0 Å². The van der Waals surface area contributed by atoms with E-state index in [9.17, 15) is 9.59 Å². The molecule has 0 saturated carbocycles. The zero-order chi connectivity index (χ0) is 14.5. The summed E-state index contributed by atoms with van der Waals surface area (Å²) < 4.78 is 0. The maximum absolute atomic E-state index is 11.7. The summed E-state index contributed by atoms with van der Waals surface area (Å²) in [7, 11) is 0.